The molecule has 0 saturated carbocycles. The van der Waals surface area contributed by atoms with Crippen molar-refractivity contribution in [3.63, 3.8) is 0 Å². The second-order valence-electron chi connectivity index (χ2n) is 4.80. The summed E-state index contributed by atoms with van der Waals surface area (Å²) >= 11 is 0. The zero-order chi connectivity index (χ0) is 15.0. The van der Waals surface area contributed by atoms with Crippen LogP contribution in [0.5, 0.6) is 0 Å². The highest BCUT2D eigenvalue weighted by Crippen LogP contribution is 2.12. The monoisotopic (exact) mass is 284 g/mol. The quantitative estimate of drug-likeness (QED) is 0.388. The van der Waals surface area contributed by atoms with Crippen LogP contribution in [0.25, 0.3) is 0 Å². The summed E-state index contributed by atoms with van der Waals surface area (Å²) < 4.78 is 13.2. The molecule has 6 nitrogen and oxygen atoms in total. The lowest BCUT2D eigenvalue weighted by molar-refractivity contribution is -0.153. The van der Waals surface area contributed by atoms with E-state index in [4.69, 9.17) is 15.3 Å². The molecule has 2 unspecified atom stereocenters. The first-order valence-corrected chi connectivity index (χ1v) is 7.39. The van der Waals surface area contributed by atoms with Crippen LogP contribution < -0.4 is 11.3 Å². The first kappa shape index (κ1) is 17.1. The summed E-state index contributed by atoms with van der Waals surface area (Å²) in [6.07, 6.45) is 3.38. The van der Waals surface area contributed by atoms with E-state index in [-0.39, 0.29) is 12.3 Å². The topological polar surface area (TPSA) is 74.3 Å². The molecule has 0 amide bonds. The van der Waals surface area contributed by atoms with Gasteiger partial charge >= 0.3 is 0 Å². The number of hydrazine groups is 1. The minimum absolute atomic E-state index is 0.116. The molecular formula is C14H28N4O2. The van der Waals surface area contributed by atoms with Gasteiger partial charge in [0.15, 0.2) is 6.29 Å². The van der Waals surface area contributed by atoms with Crippen molar-refractivity contribution >= 4 is 0 Å². The molecule has 0 radical (unpaired) electrons. The fraction of sp³-hybridized carbons (Fsp3) is 0.786. The highest BCUT2D eigenvalue weighted by molar-refractivity contribution is 5.02. The Kier molecular flexibility index (Phi) is 7.76. The Morgan fingerprint density at radius 2 is 1.95 bits per heavy atom. The normalized spacial score (nSPS) is 14.7. The van der Waals surface area contributed by atoms with Crippen molar-refractivity contribution in [2.24, 2.45) is 5.84 Å². The second kappa shape index (κ2) is 9.07. The lowest BCUT2D eigenvalue weighted by atomic mass is 10.1. The van der Waals surface area contributed by atoms with Gasteiger partial charge < -0.3 is 9.47 Å². The highest BCUT2D eigenvalue weighted by atomic mass is 16.7. The van der Waals surface area contributed by atoms with E-state index in [1.807, 2.05) is 30.8 Å². The predicted molar refractivity (Wildman–Crippen MR) is 79.1 cm³/mol. The van der Waals surface area contributed by atoms with E-state index < -0.39 is 0 Å². The molecule has 0 aliphatic carbocycles. The van der Waals surface area contributed by atoms with Crippen molar-refractivity contribution in [3.8, 4) is 0 Å². The third-order valence-corrected chi connectivity index (χ3v) is 3.34. The van der Waals surface area contributed by atoms with Crippen molar-refractivity contribution in [2.45, 2.75) is 58.9 Å². The summed E-state index contributed by atoms with van der Waals surface area (Å²) in [5.74, 6) is 5.63. The van der Waals surface area contributed by atoms with Gasteiger partial charge in [0, 0.05) is 31.9 Å². The van der Waals surface area contributed by atoms with Crippen LogP contribution in [0.2, 0.25) is 0 Å². The van der Waals surface area contributed by atoms with Crippen LogP contribution in [0, 0.1) is 0 Å². The molecule has 0 saturated heterocycles. The molecule has 0 aliphatic rings. The van der Waals surface area contributed by atoms with Crippen LogP contribution in [-0.4, -0.2) is 35.3 Å². The fourth-order valence-electron chi connectivity index (χ4n) is 1.99. The summed E-state index contributed by atoms with van der Waals surface area (Å²) in [4.78, 5) is 0. The maximum Gasteiger partial charge on any atom is 0.174 e. The number of hydrogen-bond acceptors (Lipinski definition) is 5. The van der Waals surface area contributed by atoms with Crippen molar-refractivity contribution in [3.05, 3.63) is 18.0 Å². The molecule has 116 valence electrons. The van der Waals surface area contributed by atoms with Crippen LogP contribution in [0.15, 0.2) is 12.3 Å². The molecule has 3 N–H and O–H groups in total. The molecule has 20 heavy (non-hydrogen) atoms. The maximum atomic E-state index is 5.63. The van der Waals surface area contributed by atoms with Crippen LogP contribution >= 0.6 is 0 Å². The summed E-state index contributed by atoms with van der Waals surface area (Å²) in [5, 5.41) is 4.58. The Balaban J connectivity index is 2.68. The van der Waals surface area contributed by atoms with Crippen LogP contribution in [0.4, 0.5) is 0 Å². The molecule has 1 heterocycles. The van der Waals surface area contributed by atoms with Crippen molar-refractivity contribution in [1.29, 1.82) is 0 Å². The van der Waals surface area contributed by atoms with Crippen LogP contribution in [0.1, 0.15) is 45.9 Å². The zero-order valence-electron chi connectivity index (χ0n) is 13.0. The Bertz CT molecular complexity index is 364. The first-order chi connectivity index (χ1) is 9.65. The SMILES string of the molecule is CCOC(OCC)C(Cc1ccn(C(C)CC)n1)NN. The van der Waals surface area contributed by atoms with E-state index in [1.165, 1.54) is 0 Å². The molecule has 1 aromatic rings. The van der Waals surface area contributed by atoms with Gasteiger partial charge in [-0.1, -0.05) is 6.92 Å². The minimum Gasteiger partial charge on any atom is -0.351 e. The number of aromatic nitrogens is 2. The Hall–Kier alpha value is -0.950. The van der Waals surface area contributed by atoms with Gasteiger partial charge in [-0.3, -0.25) is 16.0 Å². The van der Waals surface area contributed by atoms with E-state index >= 15 is 0 Å². The maximum absolute atomic E-state index is 5.63. The summed E-state index contributed by atoms with van der Waals surface area (Å²) in [5.41, 5.74) is 3.76. The second-order valence-corrected chi connectivity index (χ2v) is 4.80. The molecule has 1 aromatic heterocycles. The molecular weight excluding hydrogens is 256 g/mol. The molecule has 0 fully saturated rings. The van der Waals surface area contributed by atoms with E-state index in [9.17, 15) is 0 Å². The number of nitrogens with zero attached hydrogens (tertiary/aromatic N) is 2. The van der Waals surface area contributed by atoms with E-state index in [2.05, 4.69) is 24.4 Å². The average molecular weight is 284 g/mol. The standard InChI is InChI=1S/C14H28N4O2/c1-5-11(4)18-9-8-12(17-18)10-13(16-15)14(19-6-2)20-7-3/h8-9,11,13-14,16H,5-7,10,15H2,1-4H3. The van der Waals surface area contributed by atoms with Gasteiger partial charge in [-0.2, -0.15) is 5.10 Å². The van der Waals surface area contributed by atoms with Gasteiger partial charge in [-0.25, -0.2) is 0 Å². The molecule has 0 aliphatic heterocycles. The largest absolute Gasteiger partial charge is 0.351 e. The fourth-order valence-corrected chi connectivity index (χ4v) is 1.99. The van der Waals surface area contributed by atoms with Gasteiger partial charge in [-0.15, -0.1) is 0 Å². The number of nitrogens with two attached hydrogens (primary N) is 1. The average Bonchev–Trinajstić information content (AvgIpc) is 2.92. The lowest BCUT2D eigenvalue weighted by Gasteiger charge is -2.25. The number of ether oxygens (including phenoxy) is 2. The lowest BCUT2D eigenvalue weighted by Crippen LogP contribution is -2.48. The third-order valence-electron chi connectivity index (χ3n) is 3.34. The van der Waals surface area contributed by atoms with E-state index in [0.717, 1.165) is 12.1 Å². The molecule has 0 bridgehead atoms. The molecule has 2 atom stereocenters. The molecule has 0 spiro atoms. The number of nitrogens with one attached hydrogen (secondary N) is 1. The Labute approximate surface area is 121 Å². The smallest absolute Gasteiger partial charge is 0.174 e. The summed E-state index contributed by atoms with van der Waals surface area (Å²) in [6, 6.07) is 2.31. The Morgan fingerprint density at radius 1 is 1.30 bits per heavy atom. The van der Waals surface area contributed by atoms with Gasteiger partial charge in [0.05, 0.1) is 11.7 Å². The van der Waals surface area contributed by atoms with Gasteiger partial charge in [-0.05, 0) is 33.3 Å². The molecule has 1 rings (SSSR count). The Morgan fingerprint density at radius 3 is 2.45 bits per heavy atom. The van der Waals surface area contributed by atoms with Gasteiger partial charge in [0.2, 0.25) is 0 Å². The van der Waals surface area contributed by atoms with E-state index in [1.54, 1.807) is 0 Å². The van der Waals surface area contributed by atoms with Gasteiger partial charge in [0.1, 0.15) is 0 Å². The first-order valence-electron chi connectivity index (χ1n) is 7.39. The van der Waals surface area contributed by atoms with Crippen molar-refractivity contribution in [2.75, 3.05) is 13.2 Å². The number of hydrogen-bond donors (Lipinski definition) is 2. The van der Waals surface area contributed by atoms with E-state index in [0.29, 0.717) is 25.7 Å². The minimum atomic E-state index is -0.358. The van der Waals surface area contributed by atoms with Crippen LogP contribution in [0.3, 0.4) is 0 Å². The molecule has 0 aromatic carbocycles. The third kappa shape index (κ3) is 4.86. The summed E-state index contributed by atoms with van der Waals surface area (Å²) in [7, 11) is 0. The van der Waals surface area contributed by atoms with Crippen molar-refractivity contribution < 1.29 is 9.47 Å². The molecule has 6 heteroatoms. The van der Waals surface area contributed by atoms with Crippen molar-refractivity contribution in [1.82, 2.24) is 15.2 Å². The highest BCUT2D eigenvalue weighted by Gasteiger charge is 2.22. The van der Waals surface area contributed by atoms with Crippen LogP contribution in [-0.2, 0) is 15.9 Å². The summed E-state index contributed by atoms with van der Waals surface area (Å²) in [6.45, 7) is 9.36. The van der Waals surface area contributed by atoms with Gasteiger partial charge in [0.25, 0.3) is 0 Å². The number of rotatable bonds is 10. The predicted octanol–water partition coefficient (Wildman–Crippen LogP) is 1.63. The zero-order valence-corrected chi connectivity index (χ0v) is 13.0.